The third kappa shape index (κ3) is 4.39. The lowest BCUT2D eigenvalue weighted by molar-refractivity contribution is 0.218. The SMILES string of the molecule is Cc1c(CN2CCN(c3ccc(Cl)cc3)C2=O)ncn1C(c1ccccc1)(c1ccccc1)c1ccccc1. The fourth-order valence-electron chi connectivity index (χ4n) is 5.67. The zero-order chi connectivity index (χ0) is 26.8. The van der Waals surface area contributed by atoms with Crippen molar-refractivity contribution in [2.75, 3.05) is 18.0 Å². The molecule has 0 N–H and O–H groups in total. The first kappa shape index (κ1) is 25.0. The molecule has 2 amide bonds. The summed E-state index contributed by atoms with van der Waals surface area (Å²) in [7, 11) is 0. The minimum absolute atomic E-state index is 0.0216. The van der Waals surface area contributed by atoms with Gasteiger partial charge in [-0.25, -0.2) is 9.78 Å². The fourth-order valence-corrected chi connectivity index (χ4v) is 5.79. The highest BCUT2D eigenvalue weighted by molar-refractivity contribution is 6.30. The van der Waals surface area contributed by atoms with Crippen LogP contribution in [-0.2, 0) is 12.1 Å². The molecule has 39 heavy (non-hydrogen) atoms. The van der Waals surface area contributed by atoms with Crippen LogP contribution < -0.4 is 4.90 Å². The van der Waals surface area contributed by atoms with Gasteiger partial charge in [-0.15, -0.1) is 0 Å². The Morgan fingerprint density at radius 1 is 0.744 bits per heavy atom. The second-order valence-electron chi connectivity index (χ2n) is 9.79. The lowest BCUT2D eigenvalue weighted by atomic mass is 9.76. The summed E-state index contributed by atoms with van der Waals surface area (Å²) >= 11 is 6.06. The van der Waals surface area contributed by atoms with Crippen molar-refractivity contribution in [2.45, 2.75) is 19.0 Å². The third-order valence-corrected chi connectivity index (χ3v) is 7.87. The number of aromatic nitrogens is 2. The Morgan fingerprint density at radius 2 is 1.26 bits per heavy atom. The molecule has 0 atom stereocenters. The summed E-state index contributed by atoms with van der Waals surface area (Å²) in [5.41, 5.74) is 5.54. The van der Waals surface area contributed by atoms with Crippen molar-refractivity contribution < 1.29 is 4.79 Å². The first-order valence-corrected chi connectivity index (χ1v) is 13.5. The van der Waals surface area contributed by atoms with Crippen molar-refractivity contribution in [3.8, 4) is 0 Å². The molecule has 1 aliphatic rings. The number of carbonyl (C=O) groups excluding carboxylic acids is 1. The van der Waals surface area contributed by atoms with E-state index in [1.165, 1.54) is 0 Å². The standard InChI is InChI=1S/C33H29ClN4O/c1-25-31(23-36-21-22-37(32(36)39)30-19-17-29(34)18-20-30)35-24-38(25)33(26-11-5-2-6-12-26,27-13-7-3-8-14-27)28-15-9-4-10-16-28/h2-20,24H,21-23H2,1H3. The highest BCUT2D eigenvalue weighted by atomic mass is 35.5. The molecule has 1 saturated heterocycles. The highest BCUT2D eigenvalue weighted by Gasteiger charge is 2.40. The molecule has 2 heterocycles. The first-order valence-electron chi connectivity index (χ1n) is 13.1. The topological polar surface area (TPSA) is 41.4 Å². The van der Waals surface area contributed by atoms with E-state index in [0.717, 1.165) is 33.8 Å². The number of rotatable bonds is 7. The maximum absolute atomic E-state index is 13.4. The Labute approximate surface area is 233 Å². The average molecular weight is 533 g/mol. The summed E-state index contributed by atoms with van der Waals surface area (Å²) < 4.78 is 2.26. The molecule has 0 bridgehead atoms. The summed E-state index contributed by atoms with van der Waals surface area (Å²) in [6, 6.07) is 39.0. The predicted octanol–water partition coefficient (Wildman–Crippen LogP) is 7.13. The fraction of sp³-hybridized carbons (Fsp3) is 0.152. The Kier molecular flexibility index (Phi) is 6.67. The Bertz CT molecular complexity index is 1470. The Morgan fingerprint density at radius 3 is 1.77 bits per heavy atom. The quantitative estimate of drug-likeness (QED) is 0.209. The van der Waals surface area contributed by atoms with E-state index >= 15 is 0 Å². The molecule has 0 spiro atoms. The number of urea groups is 1. The number of anilines is 1. The van der Waals surface area contributed by atoms with Crippen LogP contribution in [0.4, 0.5) is 10.5 Å². The molecule has 1 aliphatic heterocycles. The Balaban J connectivity index is 1.42. The van der Waals surface area contributed by atoms with Gasteiger partial charge in [-0.2, -0.15) is 0 Å². The first-order chi connectivity index (χ1) is 19.1. The van der Waals surface area contributed by atoms with Crippen LogP contribution >= 0.6 is 11.6 Å². The number of halogens is 1. The Hall–Kier alpha value is -4.35. The molecule has 4 aromatic carbocycles. The van der Waals surface area contributed by atoms with Crippen molar-refractivity contribution >= 4 is 23.3 Å². The predicted molar refractivity (Wildman–Crippen MR) is 156 cm³/mol. The van der Waals surface area contributed by atoms with Crippen LogP contribution in [0.15, 0.2) is 122 Å². The average Bonchev–Trinajstić information content (AvgIpc) is 3.54. The molecule has 6 heteroatoms. The van der Waals surface area contributed by atoms with E-state index in [9.17, 15) is 4.79 Å². The third-order valence-electron chi connectivity index (χ3n) is 7.62. The minimum Gasteiger partial charge on any atom is -0.317 e. The van der Waals surface area contributed by atoms with Gasteiger partial charge in [0.1, 0.15) is 5.54 Å². The van der Waals surface area contributed by atoms with Gasteiger partial charge in [0, 0.05) is 29.5 Å². The van der Waals surface area contributed by atoms with Gasteiger partial charge >= 0.3 is 6.03 Å². The second kappa shape index (κ2) is 10.4. The van der Waals surface area contributed by atoms with E-state index in [1.807, 2.05) is 53.7 Å². The highest BCUT2D eigenvalue weighted by Crippen LogP contribution is 2.42. The molecule has 5 nitrogen and oxygen atoms in total. The zero-order valence-electron chi connectivity index (χ0n) is 21.7. The number of nitrogens with zero attached hydrogens (tertiary/aromatic N) is 4. The zero-order valence-corrected chi connectivity index (χ0v) is 22.5. The number of amides is 2. The van der Waals surface area contributed by atoms with Crippen LogP contribution in [0.2, 0.25) is 5.02 Å². The van der Waals surface area contributed by atoms with Crippen molar-refractivity contribution in [1.29, 1.82) is 0 Å². The van der Waals surface area contributed by atoms with Gasteiger partial charge in [-0.05, 0) is 47.9 Å². The molecule has 5 aromatic rings. The van der Waals surface area contributed by atoms with E-state index in [2.05, 4.69) is 84.3 Å². The number of imidazole rings is 1. The van der Waals surface area contributed by atoms with Crippen molar-refractivity contribution in [2.24, 2.45) is 0 Å². The van der Waals surface area contributed by atoms with Gasteiger partial charge in [0.2, 0.25) is 0 Å². The summed E-state index contributed by atoms with van der Waals surface area (Å²) in [5, 5.41) is 0.655. The van der Waals surface area contributed by atoms with Crippen LogP contribution in [0.1, 0.15) is 28.1 Å². The number of carbonyl (C=O) groups is 1. The summed E-state index contributed by atoms with van der Waals surface area (Å²) in [4.78, 5) is 21.9. The molecule has 0 radical (unpaired) electrons. The molecule has 194 valence electrons. The lowest BCUT2D eigenvalue weighted by Crippen LogP contribution is -2.38. The van der Waals surface area contributed by atoms with Gasteiger partial charge in [0.15, 0.2) is 0 Å². The smallest absolute Gasteiger partial charge is 0.317 e. The molecule has 6 rings (SSSR count). The van der Waals surface area contributed by atoms with Gasteiger partial charge in [-0.3, -0.25) is 4.90 Å². The maximum atomic E-state index is 13.4. The van der Waals surface area contributed by atoms with Gasteiger partial charge in [0.05, 0.1) is 18.6 Å². The summed E-state index contributed by atoms with van der Waals surface area (Å²) in [5.74, 6) is 0. The van der Waals surface area contributed by atoms with Crippen molar-refractivity contribution in [3.63, 3.8) is 0 Å². The number of hydrogen-bond acceptors (Lipinski definition) is 2. The van der Waals surface area contributed by atoms with Crippen LogP contribution in [0.3, 0.4) is 0 Å². The minimum atomic E-state index is -0.635. The van der Waals surface area contributed by atoms with Gasteiger partial charge in [0.25, 0.3) is 0 Å². The molecule has 0 unspecified atom stereocenters. The molecular formula is C33H29ClN4O. The van der Waals surface area contributed by atoms with Crippen LogP contribution in [0, 0.1) is 6.92 Å². The van der Waals surface area contributed by atoms with Gasteiger partial charge < -0.3 is 9.47 Å². The molecular weight excluding hydrogens is 504 g/mol. The maximum Gasteiger partial charge on any atom is 0.324 e. The number of benzene rings is 4. The van der Waals surface area contributed by atoms with E-state index in [0.29, 0.717) is 24.7 Å². The normalized spacial score (nSPS) is 13.7. The van der Waals surface area contributed by atoms with Crippen LogP contribution in [0.5, 0.6) is 0 Å². The molecule has 1 aromatic heterocycles. The molecule has 1 fully saturated rings. The summed E-state index contributed by atoms with van der Waals surface area (Å²) in [6.07, 6.45) is 1.93. The monoisotopic (exact) mass is 532 g/mol. The van der Waals surface area contributed by atoms with Crippen LogP contribution in [-0.4, -0.2) is 33.6 Å². The second-order valence-corrected chi connectivity index (χ2v) is 10.2. The van der Waals surface area contributed by atoms with Gasteiger partial charge in [-0.1, -0.05) is 103 Å². The van der Waals surface area contributed by atoms with Crippen molar-refractivity contribution in [3.05, 3.63) is 155 Å². The van der Waals surface area contributed by atoms with E-state index in [-0.39, 0.29) is 6.03 Å². The van der Waals surface area contributed by atoms with Crippen LogP contribution in [0.25, 0.3) is 0 Å². The van der Waals surface area contributed by atoms with Crippen molar-refractivity contribution in [1.82, 2.24) is 14.5 Å². The van der Waals surface area contributed by atoms with E-state index in [4.69, 9.17) is 16.6 Å². The molecule has 0 saturated carbocycles. The number of hydrogen-bond donors (Lipinski definition) is 0. The van der Waals surface area contributed by atoms with E-state index < -0.39 is 5.54 Å². The van der Waals surface area contributed by atoms with E-state index in [1.54, 1.807) is 4.90 Å². The largest absolute Gasteiger partial charge is 0.324 e. The molecule has 0 aliphatic carbocycles. The lowest BCUT2D eigenvalue weighted by Gasteiger charge is -2.38. The summed E-state index contributed by atoms with van der Waals surface area (Å²) in [6.45, 7) is 3.80.